The predicted molar refractivity (Wildman–Crippen MR) is 144 cm³/mol. The van der Waals surface area contributed by atoms with Gasteiger partial charge in [0.25, 0.3) is 11.5 Å². The molecule has 0 aliphatic carbocycles. The molecule has 11 heteroatoms. The molecule has 6 rings (SSSR count). The quantitative estimate of drug-likeness (QED) is 0.120. The summed E-state index contributed by atoms with van der Waals surface area (Å²) in [5.74, 6) is -0.760. The number of aliphatic hydroxyl groups is 1. The van der Waals surface area contributed by atoms with Crippen molar-refractivity contribution in [2.75, 3.05) is 12.0 Å². The van der Waals surface area contributed by atoms with Crippen molar-refractivity contribution in [2.45, 2.75) is 25.5 Å². The van der Waals surface area contributed by atoms with Crippen molar-refractivity contribution in [3.05, 3.63) is 93.0 Å². The zero-order valence-electron chi connectivity index (χ0n) is 20.8. The molecule has 39 heavy (non-hydrogen) atoms. The number of aromatic nitrogens is 1. The van der Waals surface area contributed by atoms with E-state index in [4.69, 9.17) is 9.47 Å². The van der Waals surface area contributed by atoms with E-state index in [1.807, 2.05) is 6.92 Å². The Bertz CT molecular complexity index is 1710. The number of carbonyl (C=O) groups is 2. The number of fused-ring (bicyclic) bond motifs is 2. The van der Waals surface area contributed by atoms with Gasteiger partial charge in [0, 0.05) is 24.1 Å². The number of thiazole rings is 1. The van der Waals surface area contributed by atoms with Gasteiger partial charge in [0.15, 0.2) is 5.13 Å². The van der Waals surface area contributed by atoms with Crippen LogP contribution in [0.5, 0.6) is 11.5 Å². The Morgan fingerprint density at radius 2 is 1.92 bits per heavy atom. The van der Waals surface area contributed by atoms with Crippen molar-refractivity contribution >= 4 is 49.8 Å². The molecule has 0 radical (unpaired) electrons. The zero-order valence-corrected chi connectivity index (χ0v) is 21.6. The number of benzene rings is 3. The Labute approximate surface area is 225 Å². The van der Waals surface area contributed by atoms with Crippen LogP contribution in [-0.2, 0) is 16.0 Å². The molecule has 10 nitrogen and oxygen atoms in total. The second kappa shape index (κ2) is 9.21. The average Bonchev–Trinajstić information content (AvgIpc) is 3.59. The SMILES string of the molecule is COc1ccc2nc(N3C(=O)C(=O)/C(=C(/O)c4ccc5c(c4)C[C@@H](C)O5)[C@H]3c3ccc([N+](=O)[O-])cc3)sc2c1. The van der Waals surface area contributed by atoms with Crippen LogP contribution in [0.15, 0.2) is 66.2 Å². The number of carbonyl (C=O) groups excluding carboxylic acids is 2. The van der Waals surface area contributed by atoms with Crippen molar-refractivity contribution in [1.29, 1.82) is 0 Å². The van der Waals surface area contributed by atoms with Gasteiger partial charge in [0.05, 0.1) is 33.9 Å². The van der Waals surface area contributed by atoms with Gasteiger partial charge in [-0.2, -0.15) is 0 Å². The molecule has 3 aromatic carbocycles. The number of nitro benzene ring substituents is 1. The number of non-ortho nitro benzene ring substituents is 1. The van der Waals surface area contributed by atoms with E-state index in [1.54, 1.807) is 43.5 Å². The second-order valence-electron chi connectivity index (χ2n) is 9.30. The summed E-state index contributed by atoms with van der Waals surface area (Å²) in [4.78, 5) is 43.5. The summed E-state index contributed by atoms with van der Waals surface area (Å²) in [5.41, 5.74) is 2.00. The van der Waals surface area contributed by atoms with E-state index in [-0.39, 0.29) is 28.3 Å². The summed E-state index contributed by atoms with van der Waals surface area (Å²) >= 11 is 1.20. The number of anilines is 1. The van der Waals surface area contributed by atoms with Crippen LogP contribution in [0.1, 0.15) is 29.7 Å². The molecule has 0 bridgehead atoms. The minimum Gasteiger partial charge on any atom is -0.507 e. The molecule has 1 aromatic heterocycles. The Hall–Kier alpha value is -4.77. The Balaban J connectivity index is 1.52. The number of hydrogen-bond acceptors (Lipinski definition) is 9. The van der Waals surface area contributed by atoms with Gasteiger partial charge in [-0.1, -0.05) is 11.3 Å². The van der Waals surface area contributed by atoms with Crippen molar-refractivity contribution < 1.29 is 29.1 Å². The molecule has 2 aliphatic rings. The number of methoxy groups -OCH3 is 1. The zero-order chi connectivity index (χ0) is 27.4. The fourth-order valence-corrected chi connectivity index (χ4v) is 5.99. The fourth-order valence-electron chi connectivity index (χ4n) is 4.97. The third-order valence-electron chi connectivity index (χ3n) is 6.82. The highest BCUT2D eigenvalue weighted by atomic mass is 32.1. The largest absolute Gasteiger partial charge is 0.507 e. The lowest BCUT2D eigenvalue weighted by Gasteiger charge is -2.23. The van der Waals surface area contributed by atoms with E-state index in [2.05, 4.69) is 4.98 Å². The molecule has 3 heterocycles. The molecular formula is C28H21N3O7S. The van der Waals surface area contributed by atoms with E-state index in [0.29, 0.717) is 34.6 Å². The third kappa shape index (κ3) is 4.07. The van der Waals surface area contributed by atoms with E-state index >= 15 is 0 Å². The van der Waals surface area contributed by atoms with Crippen molar-refractivity contribution in [3.63, 3.8) is 0 Å². The van der Waals surface area contributed by atoms with Crippen LogP contribution in [-0.4, -0.2) is 39.9 Å². The normalized spacial score (nSPS) is 19.8. The van der Waals surface area contributed by atoms with E-state index in [9.17, 15) is 24.8 Å². The van der Waals surface area contributed by atoms with E-state index in [0.717, 1.165) is 10.3 Å². The van der Waals surface area contributed by atoms with Crippen molar-refractivity contribution in [1.82, 2.24) is 4.98 Å². The van der Waals surface area contributed by atoms with Gasteiger partial charge in [-0.05, 0) is 66.6 Å². The minimum absolute atomic E-state index is 0.0132. The molecule has 4 aromatic rings. The summed E-state index contributed by atoms with van der Waals surface area (Å²) in [6.45, 7) is 1.94. The highest BCUT2D eigenvalue weighted by molar-refractivity contribution is 7.22. The second-order valence-corrected chi connectivity index (χ2v) is 10.3. The first-order valence-corrected chi connectivity index (χ1v) is 12.9. The summed E-state index contributed by atoms with van der Waals surface area (Å²) in [5, 5.41) is 23.0. The van der Waals surface area contributed by atoms with Gasteiger partial charge in [0.2, 0.25) is 0 Å². The number of Topliss-reactive ketones (excluding diaryl/α,β-unsaturated/α-hetero) is 1. The van der Waals surface area contributed by atoms with Crippen LogP contribution in [0.4, 0.5) is 10.8 Å². The lowest BCUT2D eigenvalue weighted by molar-refractivity contribution is -0.384. The van der Waals surface area contributed by atoms with Crippen LogP contribution >= 0.6 is 11.3 Å². The van der Waals surface area contributed by atoms with Gasteiger partial charge >= 0.3 is 5.91 Å². The van der Waals surface area contributed by atoms with Crippen molar-refractivity contribution in [3.8, 4) is 11.5 Å². The van der Waals surface area contributed by atoms with Gasteiger partial charge in [0.1, 0.15) is 23.4 Å². The van der Waals surface area contributed by atoms with Crippen LogP contribution in [0.3, 0.4) is 0 Å². The smallest absolute Gasteiger partial charge is 0.301 e. The molecule has 196 valence electrons. The number of amides is 1. The number of nitrogens with zero attached hydrogens (tertiary/aromatic N) is 3. The summed E-state index contributed by atoms with van der Waals surface area (Å²) < 4.78 is 11.8. The molecule has 0 saturated carbocycles. The summed E-state index contributed by atoms with van der Waals surface area (Å²) in [6.07, 6.45) is 0.631. The number of nitro groups is 1. The minimum atomic E-state index is -1.06. The summed E-state index contributed by atoms with van der Waals surface area (Å²) in [6, 6.07) is 14.9. The predicted octanol–water partition coefficient (Wildman–Crippen LogP) is 5.16. The Morgan fingerprint density at radius 1 is 1.15 bits per heavy atom. The Morgan fingerprint density at radius 3 is 2.64 bits per heavy atom. The number of hydrogen-bond donors (Lipinski definition) is 1. The van der Waals surface area contributed by atoms with Crippen LogP contribution < -0.4 is 14.4 Å². The summed E-state index contributed by atoms with van der Waals surface area (Å²) in [7, 11) is 1.54. The lowest BCUT2D eigenvalue weighted by atomic mass is 9.94. The molecular weight excluding hydrogens is 522 g/mol. The third-order valence-corrected chi connectivity index (χ3v) is 7.84. The van der Waals surface area contributed by atoms with Crippen molar-refractivity contribution in [2.24, 2.45) is 0 Å². The molecule has 0 spiro atoms. The molecule has 1 fully saturated rings. The molecule has 1 amide bonds. The molecule has 0 unspecified atom stereocenters. The lowest BCUT2D eigenvalue weighted by Crippen LogP contribution is -2.29. The maximum Gasteiger partial charge on any atom is 0.301 e. The first kappa shape index (κ1) is 24.6. The van der Waals surface area contributed by atoms with E-state index < -0.39 is 22.7 Å². The highest BCUT2D eigenvalue weighted by Crippen LogP contribution is 2.45. The van der Waals surface area contributed by atoms with Gasteiger partial charge in [-0.3, -0.25) is 24.6 Å². The van der Waals surface area contributed by atoms with Gasteiger partial charge in [-0.25, -0.2) is 4.98 Å². The van der Waals surface area contributed by atoms with E-state index in [1.165, 1.54) is 40.5 Å². The number of ketones is 1. The number of aliphatic hydroxyl groups excluding tert-OH is 1. The Kier molecular flexibility index (Phi) is 5.80. The number of rotatable bonds is 5. The van der Waals surface area contributed by atoms with Crippen LogP contribution in [0, 0.1) is 10.1 Å². The van der Waals surface area contributed by atoms with Crippen LogP contribution in [0.25, 0.3) is 16.0 Å². The molecule has 2 aliphatic heterocycles. The topological polar surface area (TPSA) is 132 Å². The molecule has 1 N–H and O–H groups in total. The highest BCUT2D eigenvalue weighted by Gasteiger charge is 2.48. The fraction of sp³-hybridized carbons (Fsp3) is 0.179. The van der Waals surface area contributed by atoms with Gasteiger partial charge < -0.3 is 14.6 Å². The van der Waals surface area contributed by atoms with Gasteiger partial charge in [-0.15, -0.1) is 0 Å². The first-order valence-electron chi connectivity index (χ1n) is 12.0. The maximum absolute atomic E-state index is 13.5. The first-order chi connectivity index (χ1) is 18.7. The van der Waals surface area contributed by atoms with Crippen LogP contribution in [0.2, 0.25) is 0 Å². The standard InChI is InChI=1S/C28H21N3O7S/c1-14-11-17-12-16(5-10-21(17)38-14)25(32)23-24(15-3-6-18(7-4-15)31(35)36)30(27(34)26(23)33)28-29-20-9-8-19(37-2)13-22(20)39-28/h3-10,12-14,24,32H,11H2,1-2H3/b25-23+/t14-,24-/m1/s1. The molecule has 1 saturated heterocycles. The number of ether oxygens (including phenoxy) is 2. The monoisotopic (exact) mass is 543 g/mol. The average molecular weight is 544 g/mol. The molecule has 2 atom stereocenters. The maximum atomic E-state index is 13.5.